The Morgan fingerprint density at radius 3 is 2.65 bits per heavy atom. The summed E-state index contributed by atoms with van der Waals surface area (Å²) in [7, 11) is 4.15. The van der Waals surface area contributed by atoms with Crippen LogP contribution in [0.5, 0.6) is 0 Å². The van der Waals surface area contributed by atoms with Crippen LogP contribution in [0.4, 0.5) is 0 Å². The molecule has 0 bridgehead atoms. The number of rotatable bonds is 2. The van der Waals surface area contributed by atoms with Crippen LogP contribution in [0.3, 0.4) is 0 Å². The highest BCUT2D eigenvalue weighted by Gasteiger charge is 2.30. The lowest BCUT2D eigenvalue weighted by Gasteiger charge is -2.39. The zero-order valence-corrected chi connectivity index (χ0v) is 14.0. The maximum atomic E-state index is 12.8. The molecule has 2 aromatic rings. The number of aromatic amines is 1. The quantitative estimate of drug-likeness (QED) is 0.883. The van der Waals surface area contributed by atoms with Crippen molar-refractivity contribution < 1.29 is 0 Å². The Labute approximate surface area is 136 Å². The van der Waals surface area contributed by atoms with Gasteiger partial charge in [0.25, 0.3) is 5.56 Å². The predicted octanol–water partition coefficient (Wildman–Crippen LogP) is 0.609. The lowest BCUT2D eigenvalue weighted by molar-refractivity contribution is 0.103. The third kappa shape index (κ3) is 2.56. The van der Waals surface area contributed by atoms with Gasteiger partial charge in [0.2, 0.25) is 0 Å². The summed E-state index contributed by atoms with van der Waals surface area (Å²) in [5, 5.41) is 3.33. The molecule has 6 heteroatoms. The van der Waals surface area contributed by atoms with Gasteiger partial charge in [-0.1, -0.05) is 0 Å². The van der Waals surface area contributed by atoms with Crippen molar-refractivity contribution in [1.29, 1.82) is 0 Å². The molecule has 23 heavy (non-hydrogen) atoms. The average molecular weight is 315 g/mol. The Hall–Kier alpha value is -1.79. The van der Waals surface area contributed by atoms with Crippen LogP contribution in [-0.4, -0.2) is 63.4 Å². The van der Waals surface area contributed by atoms with E-state index in [1.165, 1.54) is 0 Å². The van der Waals surface area contributed by atoms with E-state index in [4.69, 9.17) is 0 Å². The van der Waals surface area contributed by atoms with Crippen molar-refractivity contribution in [2.24, 2.45) is 7.05 Å². The fourth-order valence-electron chi connectivity index (χ4n) is 3.93. The van der Waals surface area contributed by atoms with E-state index < -0.39 is 0 Å². The fraction of sp³-hybridized carbons (Fsp3) is 0.588. The molecule has 1 saturated heterocycles. The maximum absolute atomic E-state index is 12.8. The van der Waals surface area contributed by atoms with Gasteiger partial charge in [0.1, 0.15) is 5.82 Å². The Balaban J connectivity index is 1.59. The van der Waals surface area contributed by atoms with E-state index in [-0.39, 0.29) is 5.56 Å². The Morgan fingerprint density at radius 1 is 1.17 bits per heavy atom. The second-order valence-corrected chi connectivity index (χ2v) is 6.92. The van der Waals surface area contributed by atoms with Gasteiger partial charge < -0.3 is 9.47 Å². The molecule has 6 nitrogen and oxygen atoms in total. The molecular formula is C17H25N5O. The lowest BCUT2D eigenvalue weighted by Crippen LogP contribution is -2.50. The molecular weight excluding hydrogens is 290 g/mol. The van der Waals surface area contributed by atoms with Crippen LogP contribution in [0.2, 0.25) is 0 Å². The summed E-state index contributed by atoms with van der Waals surface area (Å²) in [6.07, 6.45) is 4.96. The van der Waals surface area contributed by atoms with Crippen LogP contribution in [0, 0.1) is 0 Å². The molecule has 0 saturated carbocycles. The van der Waals surface area contributed by atoms with Crippen molar-refractivity contribution in [2.45, 2.75) is 25.3 Å². The van der Waals surface area contributed by atoms with E-state index in [1.807, 2.05) is 29.9 Å². The zero-order chi connectivity index (χ0) is 16.0. The van der Waals surface area contributed by atoms with Gasteiger partial charge in [0.15, 0.2) is 0 Å². The van der Waals surface area contributed by atoms with Crippen molar-refractivity contribution in [2.75, 3.05) is 33.2 Å². The summed E-state index contributed by atoms with van der Waals surface area (Å²) in [5.41, 5.74) is 2.24. The molecule has 2 aliphatic rings. The Morgan fingerprint density at radius 2 is 1.96 bits per heavy atom. The van der Waals surface area contributed by atoms with E-state index in [0.29, 0.717) is 6.04 Å². The van der Waals surface area contributed by atoms with Gasteiger partial charge in [0, 0.05) is 56.7 Å². The second kappa shape index (κ2) is 5.69. The van der Waals surface area contributed by atoms with Gasteiger partial charge in [-0.15, -0.1) is 0 Å². The molecule has 1 N–H and O–H groups in total. The molecule has 2 aromatic heterocycles. The van der Waals surface area contributed by atoms with Gasteiger partial charge in [-0.3, -0.25) is 14.8 Å². The van der Waals surface area contributed by atoms with Crippen LogP contribution in [0.1, 0.15) is 17.7 Å². The average Bonchev–Trinajstić information content (AvgIpc) is 3.11. The number of hydrogen-bond acceptors (Lipinski definition) is 3. The number of H-pyrrole nitrogens is 1. The molecule has 0 radical (unpaired) electrons. The Kier molecular flexibility index (Phi) is 3.66. The molecule has 4 rings (SSSR count). The van der Waals surface area contributed by atoms with E-state index in [2.05, 4.69) is 21.9 Å². The number of hydrogen-bond donors (Lipinski definition) is 1. The van der Waals surface area contributed by atoms with Crippen LogP contribution in [0.15, 0.2) is 23.1 Å². The number of fused-ring (bicyclic) bond motifs is 1. The smallest absolute Gasteiger partial charge is 0.276 e. The second-order valence-electron chi connectivity index (χ2n) is 6.92. The molecule has 0 amide bonds. The summed E-state index contributed by atoms with van der Waals surface area (Å²) in [6.45, 7) is 4.49. The normalized spacial score (nSPS) is 23.1. The summed E-state index contributed by atoms with van der Waals surface area (Å²) >= 11 is 0. The molecule has 1 aliphatic carbocycles. The molecule has 1 fully saturated rings. The number of nitrogens with one attached hydrogen (secondary N) is 1. The SMILES string of the molecule is CN1CCN(C2CCc3[nH]n(-c4cccn4C)c(=O)c3C2)CC1. The van der Waals surface area contributed by atoms with Crippen molar-refractivity contribution in [3.8, 4) is 5.82 Å². The fourth-order valence-corrected chi connectivity index (χ4v) is 3.93. The predicted molar refractivity (Wildman–Crippen MR) is 90.2 cm³/mol. The highest BCUT2D eigenvalue weighted by Crippen LogP contribution is 2.23. The molecule has 3 heterocycles. The first kappa shape index (κ1) is 14.8. The lowest BCUT2D eigenvalue weighted by atomic mass is 9.92. The van der Waals surface area contributed by atoms with Crippen LogP contribution in [0.25, 0.3) is 5.82 Å². The minimum Gasteiger partial charge on any atom is -0.336 e. The van der Waals surface area contributed by atoms with Crippen molar-refractivity contribution in [1.82, 2.24) is 24.1 Å². The van der Waals surface area contributed by atoms with E-state index in [0.717, 1.165) is 62.5 Å². The molecule has 0 aromatic carbocycles. The van der Waals surface area contributed by atoms with Gasteiger partial charge in [0.05, 0.1) is 0 Å². The van der Waals surface area contributed by atoms with E-state index >= 15 is 0 Å². The van der Waals surface area contributed by atoms with E-state index in [9.17, 15) is 4.79 Å². The number of likely N-dealkylation sites (N-methyl/N-ethyl adjacent to an activating group) is 1. The van der Waals surface area contributed by atoms with Crippen LogP contribution in [-0.2, 0) is 19.9 Å². The summed E-state index contributed by atoms with van der Waals surface area (Å²) in [6, 6.07) is 4.46. The third-order valence-corrected chi connectivity index (χ3v) is 5.44. The monoisotopic (exact) mass is 315 g/mol. The summed E-state index contributed by atoms with van der Waals surface area (Å²) in [4.78, 5) is 17.8. The number of piperazine rings is 1. The van der Waals surface area contributed by atoms with Crippen LogP contribution < -0.4 is 5.56 Å². The highest BCUT2D eigenvalue weighted by molar-refractivity contribution is 5.30. The summed E-state index contributed by atoms with van der Waals surface area (Å²) < 4.78 is 3.68. The maximum Gasteiger partial charge on any atom is 0.276 e. The number of nitrogens with zero attached hydrogens (tertiary/aromatic N) is 4. The van der Waals surface area contributed by atoms with Gasteiger partial charge in [-0.05, 0) is 38.4 Å². The van der Waals surface area contributed by atoms with Crippen molar-refractivity contribution >= 4 is 0 Å². The van der Waals surface area contributed by atoms with E-state index in [1.54, 1.807) is 4.68 Å². The molecule has 1 unspecified atom stereocenters. The highest BCUT2D eigenvalue weighted by atomic mass is 16.1. The first-order valence-electron chi connectivity index (χ1n) is 8.50. The third-order valence-electron chi connectivity index (χ3n) is 5.44. The van der Waals surface area contributed by atoms with Crippen LogP contribution >= 0.6 is 0 Å². The minimum absolute atomic E-state index is 0.126. The largest absolute Gasteiger partial charge is 0.336 e. The zero-order valence-electron chi connectivity index (χ0n) is 14.0. The summed E-state index contributed by atoms with van der Waals surface area (Å²) in [5.74, 6) is 0.903. The first-order chi connectivity index (χ1) is 11.1. The topological polar surface area (TPSA) is 49.2 Å². The standard InChI is InChI=1S/C17H25N5O/c1-19-8-10-21(11-9-19)13-5-6-15-14(12-13)17(23)22(18-15)16-4-3-7-20(16)2/h3-4,7,13,18H,5-6,8-12H2,1-2H3. The molecule has 1 atom stereocenters. The number of aryl methyl sites for hydroxylation is 2. The van der Waals surface area contributed by atoms with Gasteiger partial charge >= 0.3 is 0 Å². The van der Waals surface area contributed by atoms with Crippen molar-refractivity contribution in [3.63, 3.8) is 0 Å². The van der Waals surface area contributed by atoms with Crippen molar-refractivity contribution in [3.05, 3.63) is 39.9 Å². The molecule has 0 spiro atoms. The van der Waals surface area contributed by atoms with Gasteiger partial charge in [-0.2, -0.15) is 0 Å². The minimum atomic E-state index is 0.126. The first-order valence-corrected chi connectivity index (χ1v) is 8.50. The Bertz CT molecular complexity index is 747. The number of aromatic nitrogens is 3. The van der Waals surface area contributed by atoms with Gasteiger partial charge in [-0.25, -0.2) is 4.68 Å². The molecule has 124 valence electrons. The molecule has 1 aliphatic heterocycles.